The second kappa shape index (κ2) is 9.67. The molecule has 1 amide bonds. The van der Waals surface area contributed by atoms with E-state index in [9.17, 15) is 9.18 Å². The summed E-state index contributed by atoms with van der Waals surface area (Å²) in [7, 11) is 1.64. The van der Waals surface area contributed by atoms with Crippen LogP contribution in [0.1, 0.15) is 25.3 Å². The van der Waals surface area contributed by atoms with E-state index in [1.165, 1.54) is 29.8 Å². The van der Waals surface area contributed by atoms with E-state index in [4.69, 9.17) is 9.47 Å². The molecule has 0 radical (unpaired) electrons. The Kier molecular flexibility index (Phi) is 7.26. The van der Waals surface area contributed by atoms with Crippen molar-refractivity contribution in [2.75, 3.05) is 13.7 Å². The summed E-state index contributed by atoms with van der Waals surface area (Å²) >= 11 is 0. The van der Waals surface area contributed by atoms with Crippen molar-refractivity contribution in [3.63, 3.8) is 0 Å². The van der Waals surface area contributed by atoms with Gasteiger partial charge in [0, 0.05) is 6.54 Å². The molecule has 5 heteroatoms. The van der Waals surface area contributed by atoms with Crippen molar-refractivity contribution in [2.45, 2.75) is 32.3 Å². The molecule has 4 nitrogen and oxygen atoms in total. The quantitative estimate of drug-likeness (QED) is 0.704. The third kappa shape index (κ3) is 6.10. The van der Waals surface area contributed by atoms with E-state index in [0.717, 1.165) is 18.6 Å². The zero-order valence-electron chi connectivity index (χ0n) is 14.6. The lowest BCUT2D eigenvalue weighted by Crippen LogP contribution is -2.38. The number of halogens is 1. The maximum absolute atomic E-state index is 12.9. The molecule has 0 aliphatic rings. The monoisotopic (exact) mass is 345 g/mol. The summed E-state index contributed by atoms with van der Waals surface area (Å²) in [6, 6.07) is 13.6. The number of ether oxygens (including phenoxy) is 2. The van der Waals surface area contributed by atoms with Crippen LogP contribution in [0, 0.1) is 5.82 Å². The van der Waals surface area contributed by atoms with Crippen molar-refractivity contribution in [1.82, 2.24) is 5.32 Å². The lowest BCUT2D eigenvalue weighted by molar-refractivity contribution is -0.128. The molecule has 0 saturated carbocycles. The molecule has 0 bridgehead atoms. The number of hydrogen-bond donors (Lipinski definition) is 1. The first-order valence-electron chi connectivity index (χ1n) is 8.45. The van der Waals surface area contributed by atoms with Crippen LogP contribution in [-0.2, 0) is 11.2 Å². The summed E-state index contributed by atoms with van der Waals surface area (Å²) in [4.78, 5) is 12.2. The Hall–Kier alpha value is -2.56. The molecule has 134 valence electrons. The van der Waals surface area contributed by atoms with Gasteiger partial charge in [0.05, 0.1) is 7.11 Å². The summed E-state index contributed by atoms with van der Waals surface area (Å²) in [6.07, 6.45) is 1.64. The van der Waals surface area contributed by atoms with Gasteiger partial charge in [-0.05, 0) is 61.2 Å². The van der Waals surface area contributed by atoms with Gasteiger partial charge in [0.1, 0.15) is 17.3 Å². The summed E-state index contributed by atoms with van der Waals surface area (Å²) in [6.45, 7) is 2.45. The minimum atomic E-state index is -0.581. The third-order valence-electron chi connectivity index (χ3n) is 3.83. The smallest absolute Gasteiger partial charge is 0.261 e. The number of carbonyl (C=O) groups is 1. The van der Waals surface area contributed by atoms with Crippen LogP contribution < -0.4 is 14.8 Å². The predicted molar refractivity (Wildman–Crippen MR) is 95.4 cm³/mol. The minimum absolute atomic E-state index is 0.155. The standard InChI is InChI=1S/C20H24FNO3/c1-3-19(25-17-11-9-16(21)10-12-17)20(23)22-13-5-7-15-6-4-8-18(14-15)24-2/h4,6,8-12,14,19H,3,5,7,13H2,1-2H3,(H,22,23). The minimum Gasteiger partial charge on any atom is -0.497 e. The van der Waals surface area contributed by atoms with Crippen LogP contribution in [-0.4, -0.2) is 25.7 Å². The van der Waals surface area contributed by atoms with Gasteiger partial charge >= 0.3 is 0 Å². The summed E-state index contributed by atoms with van der Waals surface area (Å²) in [5.41, 5.74) is 1.17. The molecular weight excluding hydrogens is 321 g/mol. The normalized spacial score (nSPS) is 11.6. The molecule has 0 fully saturated rings. The van der Waals surface area contributed by atoms with Crippen molar-refractivity contribution in [1.29, 1.82) is 0 Å². The molecule has 2 rings (SSSR count). The second-order valence-corrected chi connectivity index (χ2v) is 5.71. The fourth-order valence-corrected chi connectivity index (χ4v) is 2.45. The molecule has 0 aliphatic heterocycles. The Morgan fingerprint density at radius 2 is 1.92 bits per heavy atom. The number of carbonyl (C=O) groups excluding carboxylic acids is 1. The van der Waals surface area contributed by atoms with E-state index >= 15 is 0 Å². The molecule has 25 heavy (non-hydrogen) atoms. The van der Waals surface area contributed by atoms with Gasteiger partial charge in [0.15, 0.2) is 6.10 Å². The van der Waals surface area contributed by atoms with Crippen molar-refractivity contribution < 1.29 is 18.7 Å². The topological polar surface area (TPSA) is 47.6 Å². The molecule has 2 aromatic carbocycles. The number of aryl methyl sites for hydroxylation is 1. The van der Waals surface area contributed by atoms with E-state index in [-0.39, 0.29) is 11.7 Å². The molecule has 0 aromatic heterocycles. The number of nitrogens with one attached hydrogen (secondary N) is 1. The van der Waals surface area contributed by atoms with Gasteiger partial charge in [-0.3, -0.25) is 4.79 Å². The van der Waals surface area contributed by atoms with E-state index in [1.54, 1.807) is 7.11 Å². The lowest BCUT2D eigenvalue weighted by atomic mass is 10.1. The highest BCUT2D eigenvalue weighted by Crippen LogP contribution is 2.15. The zero-order chi connectivity index (χ0) is 18.1. The molecule has 1 unspecified atom stereocenters. The number of benzene rings is 2. The van der Waals surface area contributed by atoms with E-state index in [0.29, 0.717) is 18.7 Å². The Balaban J connectivity index is 1.76. The number of amides is 1. The highest BCUT2D eigenvalue weighted by molar-refractivity contribution is 5.81. The van der Waals surface area contributed by atoms with Gasteiger partial charge in [-0.2, -0.15) is 0 Å². The van der Waals surface area contributed by atoms with Gasteiger partial charge < -0.3 is 14.8 Å². The predicted octanol–water partition coefficient (Wildman–Crippen LogP) is 3.74. The molecule has 1 atom stereocenters. The summed E-state index contributed by atoms with van der Waals surface area (Å²) in [5.74, 6) is 0.833. The van der Waals surface area contributed by atoms with E-state index < -0.39 is 6.10 Å². The Labute approximate surface area is 148 Å². The fourth-order valence-electron chi connectivity index (χ4n) is 2.45. The third-order valence-corrected chi connectivity index (χ3v) is 3.83. The van der Waals surface area contributed by atoms with Crippen molar-refractivity contribution in [3.05, 3.63) is 59.9 Å². The van der Waals surface area contributed by atoms with Crippen LogP contribution in [0.4, 0.5) is 4.39 Å². The van der Waals surface area contributed by atoms with E-state index in [1.807, 2.05) is 31.2 Å². The van der Waals surface area contributed by atoms with Crippen LogP contribution in [0.15, 0.2) is 48.5 Å². The second-order valence-electron chi connectivity index (χ2n) is 5.71. The van der Waals surface area contributed by atoms with Gasteiger partial charge in [0.2, 0.25) is 0 Å². The van der Waals surface area contributed by atoms with Crippen LogP contribution in [0.25, 0.3) is 0 Å². The SMILES string of the molecule is CCC(Oc1ccc(F)cc1)C(=O)NCCCc1cccc(OC)c1. The fraction of sp³-hybridized carbons (Fsp3) is 0.350. The maximum Gasteiger partial charge on any atom is 0.261 e. The lowest BCUT2D eigenvalue weighted by Gasteiger charge is -2.17. The van der Waals surface area contributed by atoms with Gasteiger partial charge in [0.25, 0.3) is 5.91 Å². The Bertz CT molecular complexity index is 673. The molecule has 0 saturated heterocycles. The largest absolute Gasteiger partial charge is 0.497 e. The highest BCUT2D eigenvalue weighted by Gasteiger charge is 2.17. The van der Waals surface area contributed by atoms with Crippen LogP contribution in [0.5, 0.6) is 11.5 Å². The molecule has 0 aliphatic carbocycles. The summed E-state index contributed by atoms with van der Waals surface area (Å²) < 4.78 is 23.7. The molecular formula is C20H24FNO3. The maximum atomic E-state index is 12.9. The summed E-state index contributed by atoms with van der Waals surface area (Å²) in [5, 5.41) is 2.89. The van der Waals surface area contributed by atoms with Gasteiger partial charge in [-0.15, -0.1) is 0 Å². The van der Waals surface area contributed by atoms with Crippen molar-refractivity contribution in [3.8, 4) is 11.5 Å². The van der Waals surface area contributed by atoms with Crippen LogP contribution in [0.2, 0.25) is 0 Å². The highest BCUT2D eigenvalue weighted by atomic mass is 19.1. The van der Waals surface area contributed by atoms with Gasteiger partial charge in [-0.25, -0.2) is 4.39 Å². The molecule has 0 spiro atoms. The number of methoxy groups -OCH3 is 1. The first-order valence-corrected chi connectivity index (χ1v) is 8.45. The van der Waals surface area contributed by atoms with Crippen LogP contribution in [0.3, 0.4) is 0 Å². The average molecular weight is 345 g/mol. The van der Waals surface area contributed by atoms with E-state index in [2.05, 4.69) is 5.32 Å². The molecule has 2 aromatic rings. The molecule has 1 N–H and O–H groups in total. The number of hydrogen-bond acceptors (Lipinski definition) is 3. The first kappa shape index (κ1) is 18.8. The van der Waals surface area contributed by atoms with Crippen molar-refractivity contribution in [2.24, 2.45) is 0 Å². The zero-order valence-corrected chi connectivity index (χ0v) is 14.6. The Morgan fingerprint density at radius 1 is 1.16 bits per heavy atom. The molecule has 0 heterocycles. The van der Waals surface area contributed by atoms with Crippen LogP contribution >= 0.6 is 0 Å². The first-order chi connectivity index (χ1) is 12.1. The number of rotatable bonds is 9. The average Bonchev–Trinajstić information content (AvgIpc) is 2.64. The van der Waals surface area contributed by atoms with Gasteiger partial charge in [-0.1, -0.05) is 19.1 Å². The van der Waals surface area contributed by atoms with Crippen molar-refractivity contribution >= 4 is 5.91 Å². The Morgan fingerprint density at radius 3 is 2.60 bits per heavy atom.